The van der Waals surface area contributed by atoms with E-state index in [0.29, 0.717) is 0 Å². The first-order chi connectivity index (χ1) is 9.88. The summed E-state index contributed by atoms with van der Waals surface area (Å²) in [7, 11) is 0. The molecule has 2 aromatic carbocycles. The van der Waals surface area contributed by atoms with Crippen molar-refractivity contribution in [1.29, 1.82) is 0 Å². The number of hydrogen-bond donors (Lipinski definition) is 1. The molecule has 0 fully saturated rings. The van der Waals surface area contributed by atoms with Gasteiger partial charge in [-0.1, -0.05) is 24.3 Å². The maximum atomic E-state index is 9.07. The van der Waals surface area contributed by atoms with Crippen molar-refractivity contribution in [3.63, 3.8) is 0 Å². The molecule has 0 radical (unpaired) electrons. The highest BCUT2D eigenvalue weighted by Crippen LogP contribution is 2.39. The molecule has 20 heavy (non-hydrogen) atoms. The Morgan fingerprint density at radius 1 is 1.05 bits per heavy atom. The molecule has 100 valence electrons. The lowest BCUT2D eigenvalue weighted by molar-refractivity contribution is 0.289. The van der Waals surface area contributed by atoms with Crippen LogP contribution in [0, 0.1) is 0 Å². The van der Waals surface area contributed by atoms with Crippen molar-refractivity contribution in [2.24, 2.45) is 0 Å². The molecule has 0 saturated carbocycles. The fourth-order valence-corrected chi connectivity index (χ4v) is 3.19. The summed E-state index contributed by atoms with van der Waals surface area (Å²) >= 11 is 0. The molecular weight excluding hydrogens is 248 g/mol. The standard InChI is InChI=1S/C17H16N2O/c20-10-4-9-19-11-13-12-5-1-2-6-14(12)18-15-7-3-8-16(19)17(13)15/h1-3,5-8,20H,4,9-11H2. The molecule has 1 N–H and O–H groups in total. The molecule has 3 heteroatoms. The number of fused-ring (bicyclic) bond motifs is 2. The van der Waals surface area contributed by atoms with E-state index in [1.165, 1.54) is 22.0 Å². The summed E-state index contributed by atoms with van der Waals surface area (Å²) in [6.45, 7) is 2.04. The Bertz CT molecular complexity index is 797. The Labute approximate surface area is 117 Å². The predicted octanol–water partition coefficient (Wildman–Crippen LogP) is 3.09. The monoisotopic (exact) mass is 264 g/mol. The van der Waals surface area contributed by atoms with E-state index >= 15 is 0 Å². The van der Waals surface area contributed by atoms with Gasteiger partial charge in [-0.05, 0) is 30.2 Å². The van der Waals surface area contributed by atoms with Crippen molar-refractivity contribution < 1.29 is 5.11 Å². The van der Waals surface area contributed by atoms with Gasteiger partial charge in [0, 0.05) is 36.2 Å². The average Bonchev–Trinajstić information content (AvgIpc) is 2.86. The smallest absolute Gasteiger partial charge is 0.0734 e. The van der Waals surface area contributed by atoms with Gasteiger partial charge in [0.1, 0.15) is 0 Å². The lowest BCUT2D eigenvalue weighted by Gasteiger charge is -2.18. The van der Waals surface area contributed by atoms with Crippen molar-refractivity contribution in [3.05, 3.63) is 48.0 Å². The number of hydrogen-bond acceptors (Lipinski definition) is 3. The van der Waals surface area contributed by atoms with Gasteiger partial charge in [-0.15, -0.1) is 0 Å². The van der Waals surface area contributed by atoms with E-state index in [1.807, 2.05) is 6.07 Å². The van der Waals surface area contributed by atoms with Crippen LogP contribution in [-0.2, 0) is 6.54 Å². The van der Waals surface area contributed by atoms with E-state index in [2.05, 4.69) is 41.3 Å². The molecule has 0 atom stereocenters. The maximum absolute atomic E-state index is 9.07. The minimum absolute atomic E-state index is 0.238. The Balaban J connectivity index is 1.98. The number of anilines is 1. The molecule has 0 spiro atoms. The summed E-state index contributed by atoms with van der Waals surface area (Å²) in [5.74, 6) is 0. The zero-order valence-electron chi connectivity index (χ0n) is 11.2. The summed E-state index contributed by atoms with van der Waals surface area (Å²) in [5.41, 5.74) is 4.77. The Kier molecular flexibility index (Phi) is 2.60. The molecule has 4 rings (SSSR count). The third-order valence-electron chi connectivity index (χ3n) is 4.07. The first kappa shape index (κ1) is 11.7. The van der Waals surface area contributed by atoms with Gasteiger partial charge in [0.15, 0.2) is 0 Å². The normalized spacial score (nSPS) is 13.6. The molecule has 2 heterocycles. The highest BCUT2D eigenvalue weighted by Gasteiger charge is 2.23. The molecule has 1 aliphatic rings. The van der Waals surface area contributed by atoms with E-state index < -0.39 is 0 Å². The number of benzene rings is 2. The molecule has 0 saturated heterocycles. The molecule has 0 aliphatic carbocycles. The van der Waals surface area contributed by atoms with Gasteiger partial charge in [0.25, 0.3) is 0 Å². The number of aliphatic hydroxyl groups is 1. The lowest BCUT2D eigenvalue weighted by atomic mass is 10.0. The van der Waals surface area contributed by atoms with Crippen LogP contribution in [0.3, 0.4) is 0 Å². The zero-order chi connectivity index (χ0) is 13.5. The minimum Gasteiger partial charge on any atom is -0.396 e. The van der Waals surface area contributed by atoms with Crippen LogP contribution in [0.4, 0.5) is 5.69 Å². The van der Waals surface area contributed by atoms with Gasteiger partial charge in [-0.2, -0.15) is 0 Å². The van der Waals surface area contributed by atoms with Gasteiger partial charge in [0.05, 0.1) is 11.0 Å². The molecule has 1 aliphatic heterocycles. The maximum Gasteiger partial charge on any atom is 0.0734 e. The van der Waals surface area contributed by atoms with Crippen LogP contribution in [0.5, 0.6) is 0 Å². The van der Waals surface area contributed by atoms with Crippen LogP contribution in [0.1, 0.15) is 12.0 Å². The summed E-state index contributed by atoms with van der Waals surface area (Å²) < 4.78 is 0. The van der Waals surface area contributed by atoms with Crippen LogP contribution in [0.15, 0.2) is 42.5 Å². The van der Waals surface area contributed by atoms with Crippen LogP contribution in [0.2, 0.25) is 0 Å². The topological polar surface area (TPSA) is 36.4 Å². The first-order valence-corrected chi connectivity index (χ1v) is 7.04. The number of aromatic nitrogens is 1. The van der Waals surface area contributed by atoms with Crippen LogP contribution >= 0.6 is 0 Å². The Morgan fingerprint density at radius 3 is 2.80 bits per heavy atom. The van der Waals surface area contributed by atoms with Crippen molar-refractivity contribution in [2.45, 2.75) is 13.0 Å². The van der Waals surface area contributed by atoms with Gasteiger partial charge >= 0.3 is 0 Å². The van der Waals surface area contributed by atoms with E-state index in [1.54, 1.807) is 0 Å². The number of pyridine rings is 1. The van der Waals surface area contributed by atoms with Gasteiger partial charge in [0.2, 0.25) is 0 Å². The number of nitrogens with zero attached hydrogens (tertiary/aromatic N) is 2. The van der Waals surface area contributed by atoms with Gasteiger partial charge in [-0.3, -0.25) is 0 Å². The molecule has 3 aromatic rings. The third kappa shape index (κ3) is 1.60. The predicted molar refractivity (Wildman–Crippen MR) is 82.0 cm³/mol. The van der Waals surface area contributed by atoms with Crippen LogP contribution in [0.25, 0.3) is 21.8 Å². The summed E-state index contributed by atoms with van der Waals surface area (Å²) in [4.78, 5) is 7.13. The highest BCUT2D eigenvalue weighted by molar-refractivity contribution is 6.06. The van der Waals surface area contributed by atoms with Crippen molar-refractivity contribution >= 4 is 27.5 Å². The molecule has 3 nitrogen and oxygen atoms in total. The van der Waals surface area contributed by atoms with E-state index in [0.717, 1.165) is 30.5 Å². The molecule has 0 unspecified atom stereocenters. The van der Waals surface area contributed by atoms with Crippen molar-refractivity contribution in [1.82, 2.24) is 4.98 Å². The summed E-state index contributed by atoms with van der Waals surface area (Å²) in [5, 5.41) is 11.6. The van der Waals surface area contributed by atoms with E-state index in [-0.39, 0.29) is 6.61 Å². The third-order valence-corrected chi connectivity index (χ3v) is 4.07. The fourth-order valence-electron chi connectivity index (χ4n) is 3.19. The van der Waals surface area contributed by atoms with Gasteiger partial charge < -0.3 is 10.0 Å². The average molecular weight is 264 g/mol. The van der Waals surface area contributed by atoms with Crippen molar-refractivity contribution in [2.75, 3.05) is 18.1 Å². The molecule has 1 aromatic heterocycles. The first-order valence-electron chi connectivity index (χ1n) is 7.04. The number of rotatable bonds is 3. The number of aliphatic hydroxyl groups excluding tert-OH is 1. The lowest BCUT2D eigenvalue weighted by Crippen LogP contribution is -2.20. The Hall–Kier alpha value is -2.13. The highest BCUT2D eigenvalue weighted by atomic mass is 16.3. The van der Waals surface area contributed by atoms with Crippen LogP contribution < -0.4 is 4.90 Å². The summed E-state index contributed by atoms with van der Waals surface area (Å²) in [6, 6.07) is 14.7. The quantitative estimate of drug-likeness (QED) is 0.738. The second-order valence-corrected chi connectivity index (χ2v) is 5.28. The van der Waals surface area contributed by atoms with Gasteiger partial charge in [-0.25, -0.2) is 4.98 Å². The van der Waals surface area contributed by atoms with E-state index in [4.69, 9.17) is 10.1 Å². The number of para-hydroxylation sites is 1. The largest absolute Gasteiger partial charge is 0.396 e. The SMILES string of the molecule is OCCCN1Cc2c3ccccc3nc3cccc1c23. The fraction of sp³-hybridized carbons (Fsp3) is 0.235. The van der Waals surface area contributed by atoms with Crippen LogP contribution in [-0.4, -0.2) is 23.2 Å². The second-order valence-electron chi connectivity index (χ2n) is 5.28. The van der Waals surface area contributed by atoms with Crippen molar-refractivity contribution in [3.8, 4) is 0 Å². The zero-order valence-corrected chi connectivity index (χ0v) is 11.2. The summed E-state index contributed by atoms with van der Waals surface area (Å²) in [6.07, 6.45) is 0.801. The van der Waals surface area contributed by atoms with E-state index in [9.17, 15) is 0 Å². The minimum atomic E-state index is 0.238. The Morgan fingerprint density at radius 2 is 1.90 bits per heavy atom. The second kappa shape index (κ2) is 4.46. The molecule has 0 amide bonds. The molecule has 0 bridgehead atoms. The molecular formula is C17H16N2O.